The van der Waals surface area contributed by atoms with Crippen LogP contribution in [0.5, 0.6) is 23.0 Å². The van der Waals surface area contributed by atoms with Gasteiger partial charge in [0, 0.05) is 11.4 Å². The molecule has 0 saturated carbocycles. The zero-order chi connectivity index (χ0) is 23.6. The fourth-order valence-corrected chi connectivity index (χ4v) is 4.02. The number of hydrogen-bond acceptors (Lipinski definition) is 7. The summed E-state index contributed by atoms with van der Waals surface area (Å²) in [6.45, 7) is 3.44. The molecule has 1 aromatic heterocycles. The average molecular weight is 478 g/mol. The highest BCUT2D eigenvalue weighted by Gasteiger charge is 2.15. The molecular weight excluding hydrogens is 450 g/mol. The molecule has 0 bridgehead atoms. The number of methoxy groups -OCH3 is 1. The Morgan fingerprint density at radius 3 is 2.00 bits per heavy atom. The molecule has 0 fully saturated rings. The number of aromatic nitrogens is 3. The van der Waals surface area contributed by atoms with Crippen LogP contribution in [0.3, 0.4) is 0 Å². The van der Waals surface area contributed by atoms with E-state index in [0.29, 0.717) is 13.2 Å². The largest absolute Gasteiger partial charge is 0.497 e. The van der Waals surface area contributed by atoms with E-state index in [1.165, 1.54) is 0 Å². The van der Waals surface area contributed by atoms with Crippen molar-refractivity contribution >= 4 is 11.8 Å². The van der Waals surface area contributed by atoms with Gasteiger partial charge in [-0.3, -0.25) is 4.57 Å². The highest BCUT2D eigenvalue weighted by Crippen LogP contribution is 2.24. The first-order chi connectivity index (χ1) is 16.8. The molecule has 8 heteroatoms. The number of hydrogen-bond donors (Lipinski definition) is 0. The molecule has 0 saturated heterocycles. The van der Waals surface area contributed by atoms with Crippen molar-refractivity contribution in [1.29, 1.82) is 0 Å². The van der Waals surface area contributed by atoms with Gasteiger partial charge in [-0.25, -0.2) is 0 Å². The van der Waals surface area contributed by atoms with Gasteiger partial charge in [0.05, 0.1) is 20.3 Å². The third kappa shape index (κ3) is 6.23. The molecule has 0 N–H and O–H groups in total. The molecule has 0 atom stereocenters. The van der Waals surface area contributed by atoms with Crippen LogP contribution < -0.4 is 18.9 Å². The minimum atomic E-state index is 0.289. The second kappa shape index (κ2) is 12.0. The summed E-state index contributed by atoms with van der Waals surface area (Å²) in [4.78, 5) is 0. The van der Waals surface area contributed by atoms with E-state index >= 15 is 0 Å². The van der Waals surface area contributed by atoms with Crippen molar-refractivity contribution in [2.24, 2.45) is 0 Å². The van der Waals surface area contributed by atoms with E-state index in [2.05, 4.69) is 10.2 Å². The van der Waals surface area contributed by atoms with Gasteiger partial charge in [0.15, 0.2) is 11.0 Å². The SMILES string of the molecule is CCOc1ccc(OCCSc2nnc(COc3ccc(OC)cc3)n2-c2ccccc2)cc1. The molecule has 176 valence electrons. The zero-order valence-electron chi connectivity index (χ0n) is 19.2. The first-order valence-electron chi connectivity index (χ1n) is 11.0. The summed E-state index contributed by atoms with van der Waals surface area (Å²) in [7, 11) is 1.64. The van der Waals surface area contributed by atoms with Crippen LogP contribution in [-0.4, -0.2) is 40.8 Å². The Morgan fingerprint density at radius 1 is 0.735 bits per heavy atom. The van der Waals surface area contributed by atoms with Gasteiger partial charge in [0.1, 0.15) is 29.6 Å². The predicted molar refractivity (Wildman–Crippen MR) is 133 cm³/mol. The van der Waals surface area contributed by atoms with Gasteiger partial charge < -0.3 is 18.9 Å². The quantitative estimate of drug-likeness (QED) is 0.199. The third-order valence-corrected chi connectivity index (χ3v) is 5.75. The van der Waals surface area contributed by atoms with Gasteiger partial charge in [-0.05, 0) is 67.6 Å². The lowest BCUT2D eigenvalue weighted by Gasteiger charge is -2.12. The fourth-order valence-electron chi connectivity index (χ4n) is 3.23. The number of ether oxygens (including phenoxy) is 4. The summed E-state index contributed by atoms with van der Waals surface area (Å²) in [6, 6.07) is 25.1. The first-order valence-corrected chi connectivity index (χ1v) is 12.0. The maximum Gasteiger partial charge on any atom is 0.196 e. The minimum Gasteiger partial charge on any atom is -0.497 e. The second-order valence-corrected chi connectivity index (χ2v) is 8.20. The van der Waals surface area contributed by atoms with Gasteiger partial charge in [-0.15, -0.1) is 10.2 Å². The lowest BCUT2D eigenvalue weighted by molar-refractivity contribution is 0.292. The molecule has 0 unspecified atom stereocenters. The van der Waals surface area contributed by atoms with Crippen molar-refractivity contribution in [2.75, 3.05) is 26.1 Å². The van der Waals surface area contributed by atoms with Crippen LogP contribution in [0.4, 0.5) is 0 Å². The number of thioether (sulfide) groups is 1. The highest BCUT2D eigenvalue weighted by atomic mass is 32.2. The number of para-hydroxylation sites is 1. The number of benzene rings is 3. The standard InChI is InChI=1S/C26H27N3O4S/c1-3-31-22-13-15-23(16-14-22)32-17-18-34-26-28-27-25(29(26)20-7-5-4-6-8-20)19-33-24-11-9-21(30-2)10-12-24/h4-16H,3,17-19H2,1-2H3. The molecule has 0 amide bonds. The minimum absolute atomic E-state index is 0.289. The molecule has 0 aliphatic carbocycles. The molecule has 0 aliphatic heterocycles. The summed E-state index contributed by atoms with van der Waals surface area (Å²) >= 11 is 1.59. The zero-order valence-corrected chi connectivity index (χ0v) is 20.0. The summed E-state index contributed by atoms with van der Waals surface area (Å²) in [5, 5.41) is 9.59. The van der Waals surface area contributed by atoms with Crippen molar-refractivity contribution in [2.45, 2.75) is 18.7 Å². The van der Waals surface area contributed by atoms with Crippen LogP contribution in [0.2, 0.25) is 0 Å². The van der Waals surface area contributed by atoms with Gasteiger partial charge in [0.25, 0.3) is 0 Å². The topological polar surface area (TPSA) is 67.6 Å². The summed E-state index contributed by atoms with van der Waals surface area (Å²) in [6.07, 6.45) is 0. The van der Waals surface area contributed by atoms with E-state index in [1.807, 2.05) is 90.4 Å². The fraction of sp³-hybridized carbons (Fsp3) is 0.231. The van der Waals surface area contributed by atoms with E-state index in [0.717, 1.165) is 45.4 Å². The lowest BCUT2D eigenvalue weighted by Crippen LogP contribution is -2.07. The maximum absolute atomic E-state index is 5.95. The van der Waals surface area contributed by atoms with Crippen molar-refractivity contribution in [3.05, 3.63) is 84.7 Å². The molecule has 7 nitrogen and oxygen atoms in total. The van der Waals surface area contributed by atoms with Crippen molar-refractivity contribution in [3.63, 3.8) is 0 Å². The Balaban J connectivity index is 1.39. The number of nitrogens with zero attached hydrogens (tertiary/aromatic N) is 3. The normalized spacial score (nSPS) is 10.6. The third-order valence-electron chi connectivity index (χ3n) is 4.86. The molecule has 0 radical (unpaired) electrons. The van der Waals surface area contributed by atoms with E-state index in [4.69, 9.17) is 18.9 Å². The van der Waals surface area contributed by atoms with Gasteiger partial charge >= 0.3 is 0 Å². The van der Waals surface area contributed by atoms with Gasteiger partial charge in [-0.1, -0.05) is 30.0 Å². The average Bonchev–Trinajstić information content (AvgIpc) is 3.30. The molecule has 1 heterocycles. The Labute approximate surface area is 203 Å². The van der Waals surface area contributed by atoms with Gasteiger partial charge in [-0.2, -0.15) is 0 Å². The monoisotopic (exact) mass is 477 g/mol. The Bertz CT molecular complexity index is 1150. The predicted octanol–water partition coefficient (Wildman–Crippen LogP) is 5.42. The molecular formula is C26H27N3O4S. The van der Waals surface area contributed by atoms with Crippen LogP contribution in [0, 0.1) is 0 Å². The Hall–Kier alpha value is -3.65. The Morgan fingerprint density at radius 2 is 1.35 bits per heavy atom. The van der Waals surface area contributed by atoms with Crippen LogP contribution in [0.1, 0.15) is 12.7 Å². The summed E-state index contributed by atoms with van der Waals surface area (Å²) < 4.78 is 24.5. The highest BCUT2D eigenvalue weighted by molar-refractivity contribution is 7.99. The number of rotatable bonds is 12. The van der Waals surface area contributed by atoms with E-state index in [1.54, 1.807) is 18.9 Å². The van der Waals surface area contributed by atoms with E-state index in [9.17, 15) is 0 Å². The molecule has 0 spiro atoms. The van der Waals surface area contributed by atoms with Gasteiger partial charge in [0.2, 0.25) is 0 Å². The second-order valence-electron chi connectivity index (χ2n) is 7.14. The summed E-state index contributed by atoms with van der Waals surface area (Å²) in [5.74, 6) is 4.60. The van der Waals surface area contributed by atoms with E-state index in [-0.39, 0.29) is 6.61 Å². The summed E-state index contributed by atoms with van der Waals surface area (Å²) in [5.41, 5.74) is 0.982. The Kier molecular flexibility index (Phi) is 8.29. The first kappa shape index (κ1) is 23.5. The molecule has 0 aliphatic rings. The van der Waals surface area contributed by atoms with E-state index < -0.39 is 0 Å². The van der Waals surface area contributed by atoms with Crippen molar-refractivity contribution in [3.8, 4) is 28.7 Å². The smallest absolute Gasteiger partial charge is 0.196 e. The van der Waals surface area contributed by atoms with Crippen LogP contribution in [0.25, 0.3) is 5.69 Å². The van der Waals surface area contributed by atoms with Crippen molar-refractivity contribution in [1.82, 2.24) is 14.8 Å². The van der Waals surface area contributed by atoms with Crippen LogP contribution in [0.15, 0.2) is 84.0 Å². The van der Waals surface area contributed by atoms with Crippen molar-refractivity contribution < 1.29 is 18.9 Å². The molecule has 4 aromatic rings. The molecule has 4 rings (SSSR count). The lowest BCUT2D eigenvalue weighted by atomic mass is 10.3. The molecule has 34 heavy (non-hydrogen) atoms. The molecule has 3 aromatic carbocycles. The van der Waals surface area contributed by atoms with Crippen LogP contribution in [-0.2, 0) is 6.61 Å². The maximum atomic E-state index is 5.95. The van der Waals surface area contributed by atoms with Crippen LogP contribution >= 0.6 is 11.8 Å².